The fraction of sp³-hybridized carbons (Fsp3) is 0.389. The molecular formula is C18H25N3. The van der Waals surface area contributed by atoms with Crippen LogP contribution in [-0.2, 0) is 6.54 Å². The van der Waals surface area contributed by atoms with Crippen LogP contribution in [0.25, 0.3) is 0 Å². The average molecular weight is 283 g/mol. The van der Waals surface area contributed by atoms with Crippen molar-refractivity contribution in [3.8, 4) is 0 Å². The van der Waals surface area contributed by atoms with Crippen LogP contribution in [0, 0.1) is 0 Å². The molecule has 1 aromatic carbocycles. The lowest BCUT2D eigenvalue weighted by Crippen LogP contribution is -2.30. The summed E-state index contributed by atoms with van der Waals surface area (Å²) in [5.41, 5.74) is 9.69. The number of hydrogen-bond acceptors (Lipinski definition) is 3. The molecule has 3 heteroatoms. The van der Waals surface area contributed by atoms with Gasteiger partial charge in [-0.25, -0.2) is 0 Å². The van der Waals surface area contributed by atoms with Crippen LogP contribution < -0.4 is 5.73 Å². The average Bonchev–Trinajstić information content (AvgIpc) is 2.49. The Hall–Kier alpha value is -1.71. The Kier molecular flexibility index (Phi) is 5.48. The van der Waals surface area contributed by atoms with Crippen molar-refractivity contribution >= 4 is 0 Å². The zero-order chi connectivity index (χ0) is 15.2. The summed E-state index contributed by atoms with van der Waals surface area (Å²) in [6, 6.07) is 15.0. The largest absolute Gasteiger partial charge is 0.329 e. The molecule has 2 aromatic rings. The van der Waals surface area contributed by atoms with Gasteiger partial charge in [0.1, 0.15) is 0 Å². The summed E-state index contributed by atoms with van der Waals surface area (Å²) >= 11 is 0. The molecule has 0 saturated carbocycles. The Morgan fingerprint density at radius 2 is 1.71 bits per heavy atom. The van der Waals surface area contributed by atoms with Crippen LogP contribution in [0.2, 0.25) is 0 Å². The van der Waals surface area contributed by atoms with E-state index in [1.165, 1.54) is 11.1 Å². The van der Waals surface area contributed by atoms with E-state index in [1.54, 1.807) is 0 Å². The van der Waals surface area contributed by atoms with E-state index < -0.39 is 0 Å². The van der Waals surface area contributed by atoms with Gasteiger partial charge in [0.15, 0.2) is 0 Å². The second-order valence-electron chi connectivity index (χ2n) is 5.81. The molecule has 0 spiro atoms. The highest BCUT2D eigenvalue weighted by Crippen LogP contribution is 2.22. The molecule has 1 atom stereocenters. The first kappa shape index (κ1) is 15.7. The van der Waals surface area contributed by atoms with E-state index in [4.69, 9.17) is 5.73 Å². The first-order valence-electron chi connectivity index (χ1n) is 7.52. The molecule has 2 rings (SSSR count). The topological polar surface area (TPSA) is 42.1 Å². The van der Waals surface area contributed by atoms with Crippen LogP contribution in [0.5, 0.6) is 0 Å². The van der Waals surface area contributed by atoms with Gasteiger partial charge < -0.3 is 5.73 Å². The maximum atomic E-state index is 6.00. The van der Waals surface area contributed by atoms with Crippen LogP contribution in [0.15, 0.2) is 48.7 Å². The van der Waals surface area contributed by atoms with Crippen LogP contribution in [0.3, 0.4) is 0 Å². The van der Waals surface area contributed by atoms with Gasteiger partial charge in [0.25, 0.3) is 0 Å². The van der Waals surface area contributed by atoms with Gasteiger partial charge in [-0.2, -0.15) is 0 Å². The molecule has 1 heterocycles. The summed E-state index contributed by atoms with van der Waals surface area (Å²) in [5, 5.41) is 0. The van der Waals surface area contributed by atoms with Gasteiger partial charge in [0, 0.05) is 25.3 Å². The number of nitrogens with zero attached hydrogens (tertiary/aromatic N) is 2. The summed E-state index contributed by atoms with van der Waals surface area (Å²) in [6.07, 6.45) is 1.83. The van der Waals surface area contributed by atoms with Crippen molar-refractivity contribution in [2.75, 3.05) is 13.6 Å². The number of benzene rings is 1. The van der Waals surface area contributed by atoms with Crippen molar-refractivity contribution in [3.05, 3.63) is 65.5 Å². The third kappa shape index (κ3) is 4.13. The first-order valence-corrected chi connectivity index (χ1v) is 7.52. The van der Waals surface area contributed by atoms with E-state index in [-0.39, 0.29) is 6.04 Å². The number of pyridine rings is 1. The van der Waals surface area contributed by atoms with Gasteiger partial charge in [-0.05, 0) is 36.2 Å². The maximum absolute atomic E-state index is 6.00. The fourth-order valence-corrected chi connectivity index (χ4v) is 2.53. The molecule has 0 saturated heterocycles. The zero-order valence-electron chi connectivity index (χ0n) is 13.2. The predicted octanol–water partition coefficient (Wildman–Crippen LogP) is 3.34. The van der Waals surface area contributed by atoms with Crippen molar-refractivity contribution in [3.63, 3.8) is 0 Å². The SMILES string of the molecule is CC(C)c1ccc(C(CN)N(C)Cc2ccccn2)cc1. The Balaban J connectivity index is 2.11. The normalized spacial score (nSPS) is 12.9. The molecule has 0 bridgehead atoms. The lowest BCUT2D eigenvalue weighted by Gasteiger charge is -2.27. The van der Waals surface area contributed by atoms with E-state index >= 15 is 0 Å². The van der Waals surface area contributed by atoms with Gasteiger partial charge in [-0.1, -0.05) is 44.2 Å². The van der Waals surface area contributed by atoms with E-state index in [1.807, 2.05) is 24.4 Å². The van der Waals surface area contributed by atoms with Gasteiger partial charge >= 0.3 is 0 Å². The van der Waals surface area contributed by atoms with E-state index in [9.17, 15) is 0 Å². The predicted molar refractivity (Wildman–Crippen MR) is 88.0 cm³/mol. The Labute approximate surface area is 127 Å². The summed E-state index contributed by atoms with van der Waals surface area (Å²) in [6.45, 7) is 5.82. The molecule has 1 aromatic heterocycles. The summed E-state index contributed by atoms with van der Waals surface area (Å²) in [5.74, 6) is 0.557. The van der Waals surface area contributed by atoms with Crippen LogP contribution in [0.1, 0.15) is 42.6 Å². The molecule has 0 aliphatic heterocycles. The lowest BCUT2D eigenvalue weighted by molar-refractivity contribution is 0.239. The molecule has 3 nitrogen and oxygen atoms in total. The molecule has 112 valence electrons. The molecule has 2 N–H and O–H groups in total. The molecule has 0 aliphatic carbocycles. The minimum Gasteiger partial charge on any atom is -0.329 e. The van der Waals surface area contributed by atoms with Crippen molar-refractivity contribution < 1.29 is 0 Å². The summed E-state index contributed by atoms with van der Waals surface area (Å²) in [7, 11) is 2.10. The van der Waals surface area contributed by atoms with E-state index in [0.29, 0.717) is 12.5 Å². The Morgan fingerprint density at radius 3 is 2.24 bits per heavy atom. The van der Waals surface area contributed by atoms with Crippen LogP contribution in [0.4, 0.5) is 0 Å². The quantitative estimate of drug-likeness (QED) is 0.884. The Bertz CT molecular complexity index is 534. The molecule has 1 unspecified atom stereocenters. The molecule has 21 heavy (non-hydrogen) atoms. The standard InChI is InChI=1S/C18H25N3/c1-14(2)15-7-9-16(10-8-15)18(12-19)21(3)13-17-6-4-5-11-20-17/h4-11,14,18H,12-13,19H2,1-3H3. The van der Waals surface area contributed by atoms with Gasteiger partial charge in [0.05, 0.1) is 5.69 Å². The number of likely N-dealkylation sites (N-methyl/N-ethyl adjacent to an activating group) is 1. The van der Waals surface area contributed by atoms with Gasteiger partial charge in [-0.15, -0.1) is 0 Å². The number of aromatic nitrogens is 1. The summed E-state index contributed by atoms with van der Waals surface area (Å²) in [4.78, 5) is 6.64. The minimum absolute atomic E-state index is 0.216. The van der Waals surface area contributed by atoms with Crippen molar-refractivity contribution in [2.45, 2.75) is 32.4 Å². The highest BCUT2D eigenvalue weighted by Gasteiger charge is 2.16. The third-order valence-corrected chi connectivity index (χ3v) is 3.88. The molecule has 0 aliphatic rings. The zero-order valence-corrected chi connectivity index (χ0v) is 13.2. The highest BCUT2D eigenvalue weighted by molar-refractivity contribution is 5.27. The second-order valence-corrected chi connectivity index (χ2v) is 5.81. The minimum atomic E-state index is 0.216. The second kappa shape index (κ2) is 7.34. The molecular weight excluding hydrogens is 258 g/mol. The monoisotopic (exact) mass is 283 g/mol. The number of nitrogens with two attached hydrogens (primary N) is 1. The van der Waals surface area contributed by atoms with Crippen molar-refractivity contribution in [2.24, 2.45) is 5.73 Å². The molecule has 0 fully saturated rings. The molecule has 0 radical (unpaired) electrons. The van der Waals surface area contributed by atoms with Crippen molar-refractivity contribution in [1.82, 2.24) is 9.88 Å². The van der Waals surface area contributed by atoms with Crippen molar-refractivity contribution in [1.29, 1.82) is 0 Å². The highest BCUT2D eigenvalue weighted by atomic mass is 15.1. The van der Waals surface area contributed by atoms with Gasteiger partial charge in [-0.3, -0.25) is 9.88 Å². The maximum Gasteiger partial charge on any atom is 0.0544 e. The smallest absolute Gasteiger partial charge is 0.0544 e. The summed E-state index contributed by atoms with van der Waals surface area (Å²) < 4.78 is 0. The third-order valence-electron chi connectivity index (χ3n) is 3.88. The van der Waals surface area contributed by atoms with Crippen LogP contribution in [-0.4, -0.2) is 23.5 Å². The van der Waals surface area contributed by atoms with E-state index in [0.717, 1.165) is 12.2 Å². The Morgan fingerprint density at radius 1 is 1.05 bits per heavy atom. The fourth-order valence-electron chi connectivity index (χ4n) is 2.53. The van der Waals surface area contributed by atoms with Gasteiger partial charge in [0.2, 0.25) is 0 Å². The number of hydrogen-bond donors (Lipinski definition) is 1. The molecule has 0 amide bonds. The van der Waals surface area contributed by atoms with E-state index in [2.05, 4.69) is 55.0 Å². The number of rotatable bonds is 6. The first-order chi connectivity index (χ1) is 10.1. The van der Waals surface area contributed by atoms with Crippen LogP contribution >= 0.6 is 0 Å². The lowest BCUT2D eigenvalue weighted by atomic mass is 9.98.